The molecule has 7 nitrogen and oxygen atoms in total. The zero-order valence-electron chi connectivity index (χ0n) is 20.4. The first-order chi connectivity index (χ1) is 15.7. The molecule has 4 aliphatic carbocycles. The van der Waals surface area contributed by atoms with Gasteiger partial charge in [-0.05, 0) is 63.5 Å². The minimum Gasteiger partial charge on any atom is -0.458 e. The lowest BCUT2D eigenvalue weighted by molar-refractivity contribution is -0.223. The van der Waals surface area contributed by atoms with Gasteiger partial charge in [0.05, 0.1) is 17.1 Å². The summed E-state index contributed by atoms with van der Waals surface area (Å²) in [5.74, 6) is -2.14. The normalized spacial score (nSPS) is 48.3. The number of carbonyl (C=O) groups is 3. The fourth-order valence-corrected chi connectivity index (χ4v) is 8.61. The second kappa shape index (κ2) is 7.25. The fourth-order valence-electron chi connectivity index (χ4n) is 8.08. The summed E-state index contributed by atoms with van der Waals surface area (Å²) in [6.45, 7) is 8.40. The van der Waals surface area contributed by atoms with E-state index in [1.807, 2.05) is 19.9 Å². The van der Waals surface area contributed by atoms with E-state index < -0.39 is 51.9 Å². The summed E-state index contributed by atoms with van der Waals surface area (Å²) >= 11 is 7.47. The fraction of sp³-hybridized carbons (Fsp3) is 0.731. The Morgan fingerprint density at radius 1 is 1.24 bits per heavy atom. The zero-order chi connectivity index (χ0) is 24.9. The molecule has 34 heavy (non-hydrogen) atoms. The van der Waals surface area contributed by atoms with Crippen LogP contribution >= 0.6 is 11.6 Å². The smallest absolute Gasteiger partial charge is 0.303 e. The highest BCUT2D eigenvalue weighted by Crippen LogP contribution is 2.72. The molecular weight excluding hydrogens is 460 g/mol. The maximum atomic E-state index is 13.7. The van der Waals surface area contributed by atoms with Gasteiger partial charge in [-0.1, -0.05) is 25.5 Å². The number of alkyl halides is 1. The molecule has 0 amide bonds. The van der Waals surface area contributed by atoms with Gasteiger partial charge < -0.3 is 19.3 Å². The number of aliphatic hydroxyl groups is 1. The van der Waals surface area contributed by atoms with E-state index in [4.69, 9.17) is 25.8 Å². The van der Waals surface area contributed by atoms with Crippen LogP contribution in [0.25, 0.3) is 0 Å². The summed E-state index contributed by atoms with van der Waals surface area (Å²) in [6, 6.07) is 0. The van der Waals surface area contributed by atoms with Crippen LogP contribution in [0.15, 0.2) is 23.8 Å². The van der Waals surface area contributed by atoms with Gasteiger partial charge in [-0.2, -0.15) is 0 Å². The highest BCUT2D eigenvalue weighted by Gasteiger charge is 2.79. The van der Waals surface area contributed by atoms with Gasteiger partial charge >= 0.3 is 5.97 Å². The van der Waals surface area contributed by atoms with E-state index in [0.717, 1.165) is 5.57 Å². The third kappa shape index (κ3) is 2.84. The number of ether oxygens (including phenoxy) is 3. The molecule has 1 saturated heterocycles. The summed E-state index contributed by atoms with van der Waals surface area (Å²) in [4.78, 5) is 36.2. The molecule has 8 atom stereocenters. The monoisotopic (exact) mass is 492 g/mol. The van der Waals surface area contributed by atoms with Gasteiger partial charge in [0.25, 0.3) is 0 Å². The van der Waals surface area contributed by atoms with E-state index in [1.165, 1.54) is 6.92 Å². The Bertz CT molecular complexity index is 1030. The Morgan fingerprint density at radius 3 is 2.62 bits per heavy atom. The van der Waals surface area contributed by atoms with Crippen LogP contribution in [0.5, 0.6) is 0 Å². The molecular formula is C26H33ClO7. The lowest BCUT2D eigenvalue weighted by atomic mass is 9.45. The highest BCUT2D eigenvalue weighted by atomic mass is 35.5. The maximum Gasteiger partial charge on any atom is 0.303 e. The molecule has 1 N–H and O–H groups in total. The molecule has 0 aromatic carbocycles. The van der Waals surface area contributed by atoms with Crippen molar-refractivity contribution in [3.05, 3.63) is 23.8 Å². The molecule has 4 fully saturated rings. The van der Waals surface area contributed by atoms with E-state index in [9.17, 15) is 19.5 Å². The van der Waals surface area contributed by atoms with Gasteiger partial charge in [0, 0.05) is 17.8 Å². The topological polar surface area (TPSA) is 99.1 Å². The standard InChI is InChI=1S/C26H33ClO7/c1-14(28)32-13-20(31)26-21(33-22(2,3)34-26)11-18-17-7-6-15-10-16(29)8-9-23(15,4)25(17,27)19(30)12-24(18,26)5/h8-10,17-19,21,30H,6-7,11-13H2,1-5H3/t17-,18-,19-,21+,23+,24+,25+,26-/m0/s1. The molecule has 1 heterocycles. The van der Waals surface area contributed by atoms with E-state index in [1.54, 1.807) is 26.0 Å². The Morgan fingerprint density at radius 2 is 1.94 bits per heavy atom. The van der Waals surface area contributed by atoms with Gasteiger partial charge in [0.2, 0.25) is 5.78 Å². The lowest BCUT2D eigenvalue weighted by Gasteiger charge is -2.64. The number of carbonyl (C=O) groups excluding carboxylic acids is 3. The molecule has 0 aromatic heterocycles. The van der Waals surface area contributed by atoms with Crippen molar-refractivity contribution in [1.82, 2.24) is 0 Å². The number of rotatable bonds is 3. The summed E-state index contributed by atoms with van der Waals surface area (Å²) in [5, 5.41) is 11.7. The Hall–Kier alpha value is -1.54. The second-order valence-corrected chi connectivity index (χ2v) is 12.2. The minimum absolute atomic E-state index is 0.0595. The Balaban J connectivity index is 1.60. The minimum atomic E-state index is -1.36. The Labute approximate surface area is 204 Å². The molecule has 0 spiro atoms. The van der Waals surface area contributed by atoms with Crippen molar-refractivity contribution in [2.24, 2.45) is 22.7 Å². The first-order valence-electron chi connectivity index (χ1n) is 12.1. The van der Waals surface area contributed by atoms with Crippen LogP contribution in [-0.4, -0.2) is 57.7 Å². The van der Waals surface area contributed by atoms with Crippen LogP contribution in [0, 0.1) is 22.7 Å². The maximum absolute atomic E-state index is 13.7. The lowest BCUT2D eigenvalue weighted by Crippen LogP contribution is -2.69. The number of Topliss-reactive ketones (excluding diaryl/α,β-unsaturated/α-hetero) is 1. The second-order valence-electron chi connectivity index (χ2n) is 11.5. The van der Waals surface area contributed by atoms with Crippen molar-refractivity contribution in [2.45, 2.75) is 88.8 Å². The van der Waals surface area contributed by atoms with E-state index >= 15 is 0 Å². The first-order valence-corrected chi connectivity index (χ1v) is 12.4. The largest absolute Gasteiger partial charge is 0.458 e. The van der Waals surface area contributed by atoms with Crippen LogP contribution in [0.4, 0.5) is 0 Å². The molecule has 5 rings (SSSR count). The highest BCUT2D eigenvalue weighted by molar-refractivity contribution is 6.26. The SMILES string of the molecule is CC(=O)OCC(=O)[C@]12OC(C)(C)O[C@@H]1C[C@H]1[C@@H]3CCC4=CC(=O)C=C[C@@]4(C)[C@]3(Cl)[C@@H](O)C[C@]12C. The molecule has 3 saturated carbocycles. The van der Waals surface area contributed by atoms with Gasteiger partial charge in [-0.3, -0.25) is 14.4 Å². The van der Waals surface area contributed by atoms with Crippen LogP contribution in [-0.2, 0) is 28.6 Å². The number of fused-ring (bicyclic) bond motifs is 7. The summed E-state index contributed by atoms with van der Waals surface area (Å²) in [6.07, 6.45) is 5.70. The molecule has 0 radical (unpaired) electrons. The predicted molar refractivity (Wildman–Crippen MR) is 123 cm³/mol. The van der Waals surface area contributed by atoms with Crippen LogP contribution in [0.2, 0.25) is 0 Å². The average molecular weight is 493 g/mol. The number of ketones is 2. The van der Waals surface area contributed by atoms with Gasteiger partial charge in [-0.25, -0.2) is 0 Å². The van der Waals surface area contributed by atoms with Crippen LogP contribution in [0.3, 0.4) is 0 Å². The predicted octanol–water partition coefficient (Wildman–Crippen LogP) is 3.26. The first kappa shape index (κ1) is 24.2. The van der Waals surface area contributed by atoms with Gasteiger partial charge in [-0.15, -0.1) is 11.6 Å². The van der Waals surface area contributed by atoms with Crippen molar-refractivity contribution in [1.29, 1.82) is 0 Å². The van der Waals surface area contributed by atoms with E-state index in [2.05, 4.69) is 0 Å². The zero-order valence-corrected chi connectivity index (χ0v) is 21.1. The quantitative estimate of drug-likeness (QED) is 0.477. The van der Waals surface area contributed by atoms with Crippen molar-refractivity contribution >= 4 is 29.1 Å². The van der Waals surface area contributed by atoms with Gasteiger partial charge in [0.15, 0.2) is 23.8 Å². The number of hydrogen-bond acceptors (Lipinski definition) is 7. The number of aliphatic hydroxyl groups excluding tert-OH is 1. The van der Waals surface area contributed by atoms with E-state index in [0.29, 0.717) is 19.3 Å². The number of allylic oxidation sites excluding steroid dienone is 4. The molecule has 5 aliphatic rings. The molecule has 0 bridgehead atoms. The summed E-state index contributed by atoms with van der Waals surface area (Å²) in [7, 11) is 0. The third-order valence-corrected chi connectivity index (χ3v) is 10.4. The van der Waals surface area contributed by atoms with Crippen LogP contribution < -0.4 is 0 Å². The number of halogens is 1. The van der Waals surface area contributed by atoms with Crippen molar-refractivity contribution in [2.75, 3.05) is 6.61 Å². The Kier molecular flexibility index (Phi) is 5.15. The molecule has 186 valence electrons. The molecule has 1 aliphatic heterocycles. The molecule has 8 heteroatoms. The van der Waals surface area contributed by atoms with Crippen molar-refractivity contribution < 1.29 is 33.7 Å². The van der Waals surface area contributed by atoms with E-state index in [-0.39, 0.29) is 29.8 Å². The summed E-state index contributed by atoms with van der Waals surface area (Å²) in [5.41, 5.74) is -1.87. The molecule has 0 unspecified atom stereocenters. The number of esters is 1. The average Bonchev–Trinajstić information content (AvgIpc) is 3.14. The number of hydrogen-bond donors (Lipinski definition) is 1. The summed E-state index contributed by atoms with van der Waals surface area (Å²) < 4.78 is 17.8. The van der Waals surface area contributed by atoms with Crippen LogP contribution in [0.1, 0.15) is 60.3 Å². The van der Waals surface area contributed by atoms with Crippen molar-refractivity contribution in [3.63, 3.8) is 0 Å². The van der Waals surface area contributed by atoms with Crippen molar-refractivity contribution in [3.8, 4) is 0 Å². The molecule has 0 aromatic rings. The third-order valence-electron chi connectivity index (χ3n) is 9.45. The van der Waals surface area contributed by atoms with Gasteiger partial charge in [0.1, 0.15) is 0 Å².